The normalized spacial score (nSPS) is 19.8. The standard InChI is InChI=1S/C19H18FNO4/c1-25-14-8-4-12(5-9-14)17(11-2-6-13(20)7-3-11)21-18(22)15-10-16(15)19(23)24/h2-9,15-17H,10H2,1H3,(H,21,22)(H,23,24). The van der Waals surface area contributed by atoms with Gasteiger partial charge < -0.3 is 15.2 Å². The second-order valence-corrected chi connectivity index (χ2v) is 6.05. The second kappa shape index (κ2) is 6.93. The highest BCUT2D eigenvalue weighted by Crippen LogP contribution is 2.39. The first kappa shape index (κ1) is 17.0. The lowest BCUT2D eigenvalue weighted by Gasteiger charge is -2.20. The lowest BCUT2D eigenvalue weighted by atomic mass is 9.98. The van der Waals surface area contributed by atoms with Gasteiger partial charge in [-0.05, 0) is 41.8 Å². The highest BCUT2D eigenvalue weighted by molar-refractivity contribution is 5.89. The summed E-state index contributed by atoms with van der Waals surface area (Å²) in [5, 5.41) is 11.9. The Bertz CT molecular complexity index is 773. The van der Waals surface area contributed by atoms with Crippen LogP contribution >= 0.6 is 0 Å². The Balaban J connectivity index is 1.85. The molecule has 1 aliphatic rings. The van der Waals surface area contributed by atoms with Crippen molar-refractivity contribution in [3.8, 4) is 5.75 Å². The summed E-state index contributed by atoms with van der Waals surface area (Å²) in [6.07, 6.45) is 0.347. The van der Waals surface area contributed by atoms with Gasteiger partial charge in [0, 0.05) is 0 Å². The van der Waals surface area contributed by atoms with Gasteiger partial charge in [-0.2, -0.15) is 0 Å². The number of carbonyl (C=O) groups is 2. The van der Waals surface area contributed by atoms with Crippen molar-refractivity contribution in [2.24, 2.45) is 11.8 Å². The lowest BCUT2D eigenvalue weighted by Crippen LogP contribution is -2.31. The molecule has 1 fully saturated rings. The van der Waals surface area contributed by atoms with Gasteiger partial charge in [0.1, 0.15) is 11.6 Å². The van der Waals surface area contributed by atoms with Crippen LogP contribution in [0.2, 0.25) is 0 Å². The molecule has 25 heavy (non-hydrogen) atoms. The largest absolute Gasteiger partial charge is 0.497 e. The molecular formula is C19H18FNO4. The van der Waals surface area contributed by atoms with E-state index in [2.05, 4.69) is 5.32 Å². The zero-order valence-electron chi connectivity index (χ0n) is 13.6. The summed E-state index contributed by atoms with van der Waals surface area (Å²) < 4.78 is 18.4. The first-order chi connectivity index (χ1) is 12.0. The molecule has 0 saturated heterocycles. The van der Waals surface area contributed by atoms with Crippen molar-refractivity contribution in [3.63, 3.8) is 0 Å². The zero-order valence-corrected chi connectivity index (χ0v) is 13.6. The van der Waals surface area contributed by atoms with Gasteiger partial charge in [-0.1, -0.05) is 24.3 Å². The van der Waals surface area contributed by atoms with Gasteiger partial charge in [-0.25, -0.2) is 4.39 Å². The van der Waals surface area contributed by atoms with E-state index in [0.717, 1.165) is 5.56 Å². The Morgan fingerprint density at radius 2 is 1.64 bits per heavy atom. The average molecular weight is 343 g/mol. The number of methoxy groups -OCH3 is 1. The maximum Gasteiger partial charge on any atom is 0.307 e. The van der Waals surface area contributed by atoms with Crippen LogP contribution < -0.4 is 10.1 Å². The van der Waals surface area contributed by atoms with Crippen LogP contribution in [0.4, 0.5) is 4.39 Å². The number of amides is 1. The van der Waals surface area contributed by atoms with Crippen molar-refractivity contribution in [3.05, 3.63) is 65.5 Å². The molecular weight excluding hydrogens is 325 g/mol. The molecule has 1 saturated carbocycles. The molecule has 6 heteroatoms. The van der Waals surface area contributed by atoms with E-state index in [9.17, 15) is 14.0 Å². The summed E-state index contributed by atoms with van der Waals surface area (Å²) in [6.45, 7) is 0. The van der Waals surface area contributed by atoms with Gasteiger partial charge in [0.25, 0.3) is 0 Å². The molecule has 3 unspecified atom stereocenters. The van der Waals surface area contributed by atoms with Crippen LogP contribution in [0, 0.1) is 17.7 Å². The molecule has 0 bridgehead atoms. The number of rotatable bonds is 6. The SMILES string of the molecule is COc1ccc(C(NC(=O)C2CC2C(=O)O)c2ccc(F)cc2)cc1. The van der Waals surface area contributed by atoms with Gasteiger partial charge in [-0.15, -0.1) is 0 Å². The van der Waals surface area contributed by atoms with E-state index in [1.54, 1.807) is 31.4 Å². The fourth-order valence-electron chi connectivity index (χ4n) is 2.82. The highest BCUT2D eigenvalue weighted by atomic mass is 19.1. The number of benzene rings is 2. The topological polar surface area (TPSA) is 75.6 Å². The van der Waals surface area contributed by atoms with Crippen LogP contribution in [0.5, 0.6) is 5.75 Å². The van der Waals surface area contributed by atoms with Gasteiger partial charge in [0.2, 0.25) is 5.91 Å². The van der Waals surface area contributed by atoms with Crippen LogP contribution in [0.3, 0.4) is 0 Å². The van der Waals surface area contributed by atoms with Gasteiger partial charge in [0.05, 0.1) is 25.0 Å². The second-order valence-electron chi connectivity index (χ2n) is 6.05. The fourth-order valence-corrected chi connectivity index (χ4v) is 2.82. The van der Waals surface area contributed by atoms with E-state index < -0.39 is 23.8 Å². The summed E-state index contributed by atoms with van der Waals surface area (Å²) in [7, 11) is 1.56. The number of ether oxygens (including phenoxy) is 1. The van der Waals surface area contributed by atoms with E-state index in [-0.39, 0.29) is 11.7 Å². The van der Waals surface area contributed by atoms with E-state index in [1.807, 2.05) is 12.1 Å². The molecule has 130 valence electrons. The molecule has 0 heterocycles. The minimum absolute atomic E-state index is 0.308. The molecule has 1 amide bonds. The molecule has 0 aromatic heterocycles. The number of carboxylic acid groups (broad SMARTS) is 1. The third-order valence-corrected chi connectivity index (χ3v) is 4.38. The number of hydrogen-bond acceptors (Lipinski definition) is 3. The minimum atomic E-state index is -0.956. The van der Waals surface area contributed by atoms with Crippen molar-refractivity contribution in [1.29, 1.82) is 0 Å². The minimum Gasteiger partial charge on any atom is -0.497 e. The first-order valence-corrected chi connectivity index (χ1v) is 7.92. The summed E-state index contributed by atoms with van der Waals surface area (Å²) in [5.41, 5.74) is 1.51. The maximum atomic E-state index is 13.2. The van der Waals surface area contributed by atoms with Crippen molar-refractivity contribution in [2.45, 2.75) is 12.5 Å². The number of carbonyl (C=O) groups excluding carboxylic acids is 1. The smallest absolute Gasteiger partial charge is 0.307 e. The Morgan fingerprint density at radius 1 is 1.08 bits per heavy atom. The van der Waals surface area contributed by atoms with Crippen LogP contribution in [0.25, 0.3) is 0 Å². The van der Waals surface area contributed by atoms with Crippen LogP contribution in [-0.2, 0) is 9.59 Å². The zero-order chi connectivity index (χ0) is 18.0. The number of carboxylic acids is 1. The van der Waals surface area contributed by atoms with Gasteiger partial charge in [0.15, 0.2) is 0 Å². The molecule has 0 radical (unpaired) electrons. The molecule has 1 aliphatic carbocycles. The number of halogens is 1. The summed E-state index contributed by atoms with van der Waals surface area (Å²) in [5.74, 6) is -2.08. The first-order valence-electron chi connectivity index (χ1n) is 7.92. The molecule has 2 aromatic rings. The fraction of sp³-hybridized carbons (Fsp3) is 0.263. The highest BCUT2D eigenvalue weighted by Gasteiger charge is 2.48. The number of aliphatic carboxylic acids is 1. The Hall–Kier alpha value is -2.89. The van der Waals surface area contributed by atoms with E-state index in [4.69, 9.17) is 9.84 Å². The Morgan fingerprint density at radius 3 is 2.12 bits per heavy atom. The molecule has 0 aliphatic heterocycles. The third kappa shape index (κ3) is 3.79. The molecule has 2 N–H and O–H groups in total. The lowest BCUT2D eigenvalue weighted by molar-refractivity contribution is -0.140. The van der Waals surface area contributed by atoms with Crippen LogP contribution in [0.1, 0.15) is 23.6 Å². The molecule has 3 atom stereocenters. The van der Waals surface area contributed by atoms with Crippen molar-refractivity contribution < 1.29 is 23.8 Å². The Kier molecular flexibility index (Phi) is 4.70. The number of nitrogens with one attached hydrogen (secondary N) is 1. The summed E-state index contributed by atoms with van der Waals surface area (Å²) in [6, 6.07) is 12.5. The molecule has 5 nitrogen and oxygen atoms in total. The van der Waals surface area contributed by atoms with E-state index in [1.165, 1.54) is 12.1 Å². The molecule has 0 spiro atoms. The summed E-state index contributed by atoms with van der Waals surface area (Å²) >= 11 is 0. The monoisotopic (exact) mass is 343 g/mol. The van der Waals surface area contributed by atoms with Crippen molar-refractivity contribution in [2.75, 3.05) is 7.11 Å². The third-order valence-electron chi connectivity index (χ3n) is 4.38. The van der Waals surface area contributed by atoms with Gasteiger partial charge >= 0.3 is 5.97 Å². The quantitative estimate of drug-likeness (QED) is 0.846. The van der Waals surface area contributed by atoms with E-state index >= 15 is 0 Å². The average Bonchev–Trinajstić information content (AvgIpc) is 3.42. The Labute approximate surface area is 144 Å². The molecule has 3 rings (SSSR count). The van der Waals surface area contributed by atoms with Crippen molar-refractivity contribution in [1.82, 2.24) is 5.32 Å². The van der Waals surface area contributed by atoms with E-state index in [0.29, 0.717) is 17.7 Å². The number of hydrogen-bond donors (Lipinski definition) is 2. The molecule has 2 aromatic carbocycles. The maximum absolute atomic E-state index is 13.2. The predicted octanol–water partition coefficient (Wildman–Crippen LogP) is 2.76. The van der Waals surface area contributed by atoms with Gasteiger partial charge in [-0.3, -0.25) is 9.59 Å². The predicted molar refractivity (Wildman–Crippen MR) is 88.6 cm³/mol. The van der Waals surface area contributed by atoms with Crippen LogP contribution in [0.15, 0.2) is 48.5 Å². The van der Waals surface area contributed by atoms with Crippen LogP contribution in [-0.4, -0.2) is 24.1 Å². The van der Waals surface area contributed by atoms with Crippen molar-refractivity contribution >= 4 is 11.9 Å². The summed E-state index contributed by atoms with van der Waals surface area (Å²) in [4.78, 5) is 23.4.